The lowest BCUT2D eigenvalue weighted by Crippen LogP contribution is -2.35. The third-order valence-electron chi connectivity index (χ3n) is 4.32. The van der Waals surface area contributed by atoms with Crippen LogP contribution >= 0.6 is 0 Å². The van der Waals surface area contributed by atoms with E-state index in [0.29, 0.717) is 18.7 Å². The summed E-state index contributed by atoms with van der Waals surface area (Å²) in [5.74, 6) is -0.422. The van der Waals surface area contributed by atoms with Crippen LogP contribution in [-0.2, 0) is 6.42 Å². The minimum absolute atomic E-state index is 0.422. The van der Waals surface area contributed by atoms with Crippen LogP contribution in [0.2, 0.25) is 0 Å². The summed E-state index contributed by atoms with van der Waals surface area (Å²) in [7, 11) is 0. The Bertz CT molecular complexity index is 671. The van der Waals surface area contributed by atoms with Gasteiger partial charge < -0.3 is 15.9 Å². The first-order valence-electron chi connectivity index (χ1n) is 8.98. The predicted molar refractivity (Wildman–Crippen MR) is 103 cm³/mol. The molecule has 0 aliphatic carbocycles. The Balaban J connectivity index is 1.88. The lowest BCUT2D eigenvalue weighted by molar-refractivity contribution is 0.0752. The van der Waals surface area contributed by atoms with E-state index in [0.717, 1.165) is 30.5 Å². The van der Waals surface area contributed by atoms with Crippen molar-refractivity contribution in [2.45, 2.75) is 32.0 Å². The van der Waals surface area contributed by atoms with E-state index in [9.17, 15) is 15.0 Å². The van der Waals surface area contributed by atoms with E-state index in [4.69, 9.17) is 5.73 Å². The number of carbonyl (C=O) groups excluding carboxylic acids is 1. The normalized spacial score (nSPS) is 13.5. The molecular weight excluding hydrogens is 328 g/mol. The molecule has 0 saturated carbocycles. The van der Waals surface area contributed by atoms with Gasteiger partial charge in [0.05, 0.1) is 12.2 Å². The van der Waals surface area contributed by atoms with E-state index in [2.05, 4.69) is 4.90 Å². The average Bonchev–Trinajstić information content (AvgIpc) is 2.62. The Morgan fingerprint density at radius 2 is 1.69 bits per heavy atom. The Morgan fingerprint density at radius 1 is 1.04 bits per heavy atom. The molecule has 0 bridgehead atoms. The Hall–Kier alpha value is -2.21. The van der Waals surface area contributed by atoms with Gasteiger partial charge in [-0.3, -0.25) is 9.69 Å². The van der Waals surface area contributed by atoms with Gasteiger partial charge >= 0.3 is 0 Å². The molecular formula is C21H28N2O3. The molecule has 0 spiro atoms. The summed E-state index contributed by atoms with van der Waals surface area (Å²) in [5, 5.41) is 20.2. The minimum atomic E-state index is -0.579. The van der Waals surface area contributed by atoms with Crippen molar-refractivity contribution in [3.63, 3.8) is 0 Å². The number of aliphatic hydroxyl groups is 2. The molecule has 0 aromatic heterocycles. The fraction of sp³-hybridized carbons (Fsp3) is 0.381. The topological polar surface area (TPSA) is 86.8 Å². The number of benzene rings is 2. The first-order valence-corrected chi connectivity index (χ1v) is 8.98. The number of nitrogens with two attached hydrogens (primary N) is 1. The quantitative estimate of drug-likeness (QED) is 0.609. The Kier molecular flexibility index (Phi) is 7.78. The number of hydrogen-bond donors (Lipinski definition) is 3. The molecule has 5 nitrogen and oxygen atoms in total. The van der Waals surface area contributed by atoms with Crippen LogP contribution in [0.25, 0.3) is 0 Å². The highest BCUT2D eigenvalue weighted by atomic mass is 16.3. The molecule has 0 saturated heterocycles. The SMILES string of the molecule is C[C@@H](O)CN(CCCc1ccc(C(N)=O)cc1)C[C@H](O)c1ccccc1. The number of rotatable bonds is 10. The summed E-state index contributed by atoms with van der Waals surface area (Å²) in [6, 6.07) is 16.9. The van der Waals surface area contributed by atoms with E-state index in [1.807, 2.05) is 42.5 Å². The number of aryl methyl sites for hydroxylation is 1. The second-order valence-electron chi connectivity index (χ2n) is 6.70. The van der Waals surface area contributed by atoms with Crippen LogP contribution in [0.4, 0.5) is 0 Å². The summed E-state index contributed by atoms with van der Waals surface area (Å²) in [5.41, 5.74) is 7.78. The number of primary amides is 1. The van der Waals surface area contributed by atoms with Crippen LogP contribution in [0, 0.1) is 0 Å². The maximum atomic E-state index is 11.1. The summed E-state index contributed by atoms with van der Waals surface area (Å²) < 4.78 is 0. The smallest absolute Gasteiger partial charge is 0.248 e. The van der Waals surface area contributed by atoms with Gasteiger partial charge in [-0.25, -0.2) is 0 Å². The van der Waals surface area contributed by atoms with E-state index in [1.54, 1.807) is 19.1 Å². The molecule has 0 unspecified atom stereocenters. The second-order valence-corrected chi connectivity index (χ2v) is 6.70. The molecule has 0 aliphatic rings. The molecule has 0 fully saturated rings. The van der Waals surface area contributed by atoms with Crippen LogP contribution in [-0.4, -0.2) is 46.8 Å². The van der Waals surface area contributed by atoms with Crippen LogP contribution in [0.15, 0.2) is 54.6 Å². The Labute approximate surface area is 155 Å². The fourth-order valence-corrected chi connectivity index (χ4v) is 3.00. The maximum absolute atomic E-state index is 11.1. The molecule has 2 rings (SSSR count). The third kappa shape index (κ3) is 6.59. The zero-order valence-corrected chi connectivity index (χ0v) is 15.2. The molecule has 0 radical (unpaired) electrons. The van der Waals surface area contributed by atoms with Gasteiger partial charge in [0.25, 0.3) is 0 Å². The third-order valence-corrected chi connectivity index (χ3v) is 4.32. The van der Waals surface area contributed by atoms with Crippen molar-refractivity contribution in [2.75, 3.05) is 19.6 Å². The molecule has 0 heterocycles. The van der Waals surface area contributed by atoms with Crippen molar-refractivity contribution in [3.05, 3.63) is 71.3 Å². The van der Waals surface area contributed by atoms with E-state index in [1.165, 1.54) is 0 Å². The molecule has 140 valence electrons. The number of hydrogen-bond acceptors (Lipinski definition) is 4. The van der Waals surface area contributed by atoms with Crippen molar-refractivity contribution >= 4 is 5.91 Å². The van der Waals surface area contributed by atoms with Gasteiger partial charge in [0, 0.05) is 18.7 Å². The summed E-state index contributed by atoms with van der Waals surface area (Å²) in [4.78, 5) is 13.2. The van der Waals surface area contributed by atoms with Crippen LogP contribution in [0.5, 0.6) is 0 Å². The zero-order chi connectivity index (χ0) is 18.9. The van der Waals surface area contributed by atoms with E-state index in [-0.39, 0.29) is 0 Å². The monoisotopic (exact) mass is 356 g/mol. The zero-order valence-electron chi connectivity index (χ0n) is 15.2. The average molecular weight is 356 g/mol. The summed E-state index contributed by atoms with van der Waals surface area (Å²) >= 11 is 0. The number of aliphatic hydroxyl groups excluding tert-OH is 2. The molecule has 2 aromatic rings. The lowest BCUT2D eigenvalue weighted by Gasteiger charge is -2.26. The van der Waals surface area contributed by atoms with Crippen LogP contribution in [0.1, 0.15) is 40.9 Å². The molecule has 0 aliphatic heterocycles. The second kappa shape index (κ2) is 10.1. The molecule has 2 aromatic carbocycles. The summed E-state index contributed by atoms with van der Waals surface area (Å²) in [6.45, 7) is 3.52. The number of nitrogens with zero attached hydrogens (tertiary/aromatic N) is 1. The van der Waals surface area contributed by atoms with Gasteiger partial charge in [-0.15, -0.1) is 0 Å². The van der Waals surface area contributed by atoms with Crippen molar-refractivity contribution in [2.24, 2.45) is 5.73 Å². The highest BCUT2D eigenvalue weighted by molar-refractivity contribution is 5.92. The van der Waals surface area contributed by atoms with Gasteiger partial charge in [-0.05, 0) is 49.6 Å². The van der Waals surface area contributed by atoms with Gasteiger partial charge in [-0.1, -0.05) is 42.5 Å². The van der Waals surface area contributed by atoms with Crippen molar-refractivity contribution in [3.8, 4) is 0 Å². The number of carbonyl (C=O) groups is 1. The highest BCUT2D eigenvalue weighted by Crippen LogP contribution is 2.15. The van der Waals surface area contributed by atoms with Crippen molar-refractivity contribution in [1.82, 2.24) is 4.90 Å². The molecule has 5 heteroatoms. The van der Waals surface area contributed by atoms with Crippen molar-refractivity contribution < 1.29 is 15.0 Å². The van der Waals surface area contributed by atoms with E-state index >= 15 is 0 Å². The van der Waals surface area contributed by atoms with Gasteiger partial charge in [0.2, 0.25) is 5.91 Å². The summed E-state index contributed by atoms with van der Waals surface area (Å²) in [6.07, 6.45) is 0.721. The molecule has 4 N–H and O–H groups in total. The minimum Gasteiger partial charge on any atom is -0.392 e. The molecule has 1 amide bonds. The van der Waals surface area contributed by atoms with Crippen LogP contribution in [0.3, 0.4) is 0 Å². The van der Waals surface area contributed by atoms with E-state index < -0.39 is 18.1 Å². The van der Waals surface area contributed by atoms with Crippen LogP contribution < -0.4 is 5.73 Å². The predicted octanol–water partition coefficient (Wildman–Crippen LogP) is 2.13. The molecule has 26 heavy (non-hydrogen) atoms. The standard InChI is InChI=1S/C21H28N2O3/c1-16(24)14-23(15-20(25)18-7-3-2-4-8-18)13-5-6-17-9-11-19(12-10-17)21(22)26/h2-4,7-12,16,20,24-25H,5-6,13-15H2,1H3,(H2,22,26)/t16-,20+/m1/s1. The van der Waals surface area contributed by atoms with Crippen molar-refractivity contribution in [1.29, 1.82) is 0 Å². The highest BCUT2D eigenvalue weighted by Gasteiger charge is 2.15. The fourth-order valence-electron chi connectivity index (χ4n) is 3.00. The Morgan fingerprint density at radius 3 is 2.27 bits per heavy atom. The lowest BCUT2D eigenvalue weighted by atomic mass is 10.1. The largest absolute Gasteiger partial charge is 0.392 e. The first-order chi connectivity index (χ1) is 12.5. The van der Waals surface area contributed by atoms with Gasteiger partial charge in [-0.2, -0.15) is 0 Å². The maximum Gasteiger partial charge on any atom is 0.248 e. The van der Waals surface area contributed by atoms with Gasteiger partial charge in [0.1, 0.15) is 0 Å². The molecule has 2 atom stereocenters. The first kappa shape index (κ1) is 20.1. The van der Waals surface area contributed by atoms with Gasteiger partial charge in [0.15, 0.2) is 0 Å². The number of amides is 1.